The second-order valence-electron chi connectivity index (χ2n) is 8.35. The van der Waals surface area contributed by atoms with Gasteiger partial charge in [0.25, 0.3) is 0 Å². The lowest BCUT2D eigenvalue weighted by atomic mass is 9.95. The zero-order chi connectivity index (χ0) is 24.9. The standard InChI is InChI=1S/C28H32N2O5/c1-29-21-12-10-17-14-25(33-3)27(34-4)28(35-5)26(17)19-11-13-22(23(31)15-20(19)21)30-16-18-8-6-7-9-24(18)32-2/h6-9,11,13-15,21,29H,10,12,16H2,1-5H3,(H,30,31). The van der Waals surface area contributed by atoms with Crippen molar-refractivity contribution in [2.45, 2.75) is 25.4 Å². The smallest absolute Gasteiger partial charge is 0.203 e. The fourth-order valence-electron chi connectivity index (χ4n) is 4.80. The monoisotopic (exact) mass is 476 g/mol. The predicted octanol–water partition coefficient (Wildman–Crippen LogP) is 4.57. The summed E-state index contributed by atoms with van der Waals surface area (Å²) in [6.07, 6.45) is 1.62. The number of hydrogen-bond donors (Lipinski definition) is 2. The molecule has 0 radical (unpaired) electrons. The number of nitrogens with one attached hydrogen (secondary N) is 2. The molecule has 0 fully saturated rings. The highest BCUT2D eigenvalue weighted by atomic mass is 16.5. The van der Waals surface area contributed by atoms with Crippen molar-refractivity contribution in [3.8, 4) is 34.1 Å². The number of para-hydroxylation sites is 1. The Labute approximate surface area is 206 Å². The largest absolute Gasteiger partial charge is 0.496 e. The maximum atomic E-state index is 13.3. The Hall–Kier alpha value is -3.71. The van der Waals surface area contributed by atoms with Crippen LogP contribution in [0.3, 0.4) is 0 Å². The van der Waals surface area contributed by atoms with Gasteiger partial charge in [-0.2, -0.15) is 0 Å². The highest BCUT2D eigenvalue weighted by Gasteiger charge is 2.28. The number of hydrogen-bond acceptors (Lipinski definition) is 7. The van der Waals surface area contributed by atoms with E-state index in [1.54, 1.807) is 34.5 Å². The molecule has 3 aromatic rings. The van der Waals surface area contributed by atoms with Gasteiger partial charge in [0.1, 0.15) is 5.75 Å². The third kappa shape index (κ3) is 4.64. The highest BCUT2D eigenvalue weighted by molar-refractivity contribution is 5.83. The van der Waals surface area contributed by atoms with Crippen molar-refractivity contribution in [3.63, 3.8) is 0 Å². The van der Waals surface area contributed by atoms with E-state index in [1.165, 1.54) is 0 Å². The zero-order valence-corrected chi connectivity index (χ0v) is 20.9. The molecule has 0 spiro atoms. The van der Waals surface area contributed by atoms with Crippen LogP contribution in [0.5, 0.6) is 23.0 Å². The Bertz CT molecular complexity index is 1270. The van der Waals surface area contributed by atoms with Gasteiger partial charge < -0.3 is 29.6 Å². The van der Waals surface area contributed by atoms with Gasteiger partial charge in [0.2, 0.25) is 11.2 Å². The third-order valence-electron chi connectivity index (χ3n) is 6.55. The van der Waals surface area contributed by atoms with Crippen molar-refractivity contribution < 1.29 is 18.9 Å². The summed E-state index contributed by atoms with van der Waals surface area (Å²) in [6, 6.07) is 15.3. The minimum atomic E-state index is -0.0794. The lowest BCUT2D eigenvalue weighted by Gasteiger charge is -2.19. The van der Waals surface area contributed by atoms with E-state index in [0.717, 1.165) is 46.4 Å². The Balaban J connectivity index is 1.87. The van der Waals surface area contributed by atoms with Crippen LogP contribution < -0.4 is 35.0 Å². The molecule has 0 aromatic heterocycles. The van der Waals surface area contributed by atoms with Gasteiger partial charge in [-0.25, -0.2) is 0 Å². The molecule has 7 nitrogen and oxygen atoms in total. The van der Waals surface area contributed by atoms with Crippen LogP contribution in [0.25, 0.3) is 11.1 Å². The molecule has 0 heterocycles. The van der Waals surface area contributed by atoms with Crippen LogP contribution in [0.1, 0.15) is 29.2 Å². The molecule has 1 aliphatic rings. The molecule has 1 atom stereocenters. The Morgan fingerprint density at radius 2 is 1.63 bits per heavy atom. The van der Waals surface area contributed by atoms with Crippen molar-refractivity contribution in [2.75, 3.05) is 40.8 Å². The van der Waals surface area contributed by atoms with Crippen molar-refractivity contribution in [2.24, 2.45) is 0 Å². The molecule has 0 bridgehead atoms. The molecular weight excluding hydrogens is 444 g/mol. The maximum absolute atomic E-state index is 13.3. The lowest BCUT2D eigenvalue weighted by Crippen LogP contribution is -2.18. The number of anilines is 1. The number of methoxy groups -OCH3 is 4. The van der Waals surface area contributed by atoms with Crippen molar-refractivity contribution in [1.82, 2.24) is 5.32 Å². The summed E-state index contributed by atoms with van der Waals surface area (Å²) in [7, 11) is 8.40. The van der Waals surface area contributed by atoms with Crippen molar-refractivity contribution in [1.29, 1.82) is 0 Å². The van der Waals surface area contributed by atoms with Gasteiger partial charge in [0.15, 0.2) is 11.5 Å². The van der Waals surface area contributed by atoms with Crippen LogP contribution >= 0.6 is 0 Å². The van der Waals surface area contributed by atoms with E-state index in [4.69, 9.17) is 18.9 Å². The minimum absolute atomic E-state index is 0.00117. The molecule has 35 heavy (non-hydrogen) atoms. The van der Waals surface area contributed by atoms with Crippen LogP contribution in [-0.2, 0) is 13.0 Å². The highest BCUT2D eigenvalue weighted by Crippen LogP contribution is 2.50. The summed E-state index contributed by atoms with van der Waals surface area (Å²) in [5.41, 5.74) is 5.26. The van der Waals surface area contributed by atoms with Gasteiger partial charge in [0.05, 0.1) is 34.1 Å². The number of aryl methyl sites for hydroxylation is 1. The van der Waals surface area contributed by atoms with Crippen LogP contribution in [-0.4, -0.2) is 35.5 Å². The average Bonchev–Trinajstić information content (AvgIpc) is 3.14. The van der Waals surface area contributed by atoms with E-state index >= 15 is 0 Å². The molecule has 3 aromatic carbocycles. The first kappa shape index (κ1) is 24.4. The van der Waals surface area contributed by atoms with Crippen molar-refractivity contribution >= 4 is 5.69 Å². The van der Waals surface area contributed by atoms with E-state index in [1.807, 2.05) is 49.5 Å². The SMILES string of the molecule is CNC1CCc2cc(OC)c(OC)c(OC)c2-c2ccc(NCc3ccccc3OC)c(=O)cc21. The Kier molecular flexibility index (Phi) is 7.46. The van der Waals surface area contributed by atoms with E-state index in [-0.39, 0.29) is 11.5 Å². The first-order chi connectivity index (χ1) is 17.1. The molecule has 0 saturated heterocycles. The first-order valence-electron chi connectivity index (χ1n) is 11.6. The molecule has 0 aliphatic heterocycles. The molecule has 1 aliphatic carbocycles. The topological polar surface area (TPSA) is 78.1 Å². The quantitative estimate of drug-likeness (QED) is 0.493. The molecular formula is C28H32N2O5. The van der Waals surface area contributed by atoms with Gasteiger partial charge in [-0.1, -0.05) is 24.3 Å². The first-order valence-corrected chi connectivity index (χ1v) is 11.6. The van der Waals surface area contributed by atoms with E-state index in [0.29, 0.717) is 29.5 Å². The summed E-state index contributed by atoms with van der Waals surface area (Å²) >= 11 is 0. The molecule has 1 unspecified atom stereocenters. The summed E-state index contributed by atoms with van der Waals surface area (Å²) in [6.45, 7) is 0.467. The summed E-state index contributed by atoms with van der Waals surface area (Å²) < 4.78 is 22.5. The number of rotatable bonds is 8. The normalized spacial score (nSPS) is 14.3. The number of ether oxygens (including phenoxy) is 4. The Morgan fingerprint density at radius 3 is 2.31 bits per heavy atom. The summed E-state index contributed by atoms with van der Waals surface area (Å²) in [5, 5.41) is 6.68. The number of fused-ring (bicyclic) bond motifs is 3. The molecule has 0 saturated carbocycles. The minimum Gasteiger partial charge on any atom is -0.496 e. The molecule has 0 amide bonds. The van der Waals surface area contributed by atoms with Gasteiger partial charge in [-0.3, -0.25) is 4.79 Å². The summed E-state index contributed by atoms with van der Waals surface area (Å²) in [4.78, 5) is 13.3. The van der Waals surface area contributed by atoms with Gasteiger partial charge in [-0.15, -0.1) is 0 Å². The van der Waals surface area contributed by atoms with Gasteiger partial charge in [-0.05, 0) is 60.8 Å². The predicted molar refractivity (Wildman–Crippen MR) is 138 cm³/mol. The van der Waals surface area contributed by atoms with Crippen molar-refractivity contribution in [3.05, 3.63) is 75.4 Å². The third-order valence-corrected chi connectivity index (χ3v) is 6.55. The molecule has 184 valence electrons. The second-order valence-corrected chi connectivity index (χ2v) is 8.35. The van der Waals surface area contributed by atoms with Gasteiger partial charge in [0, 0.05) is 23.7 Å². The van der Waals surface area contributed by atoms with E-state index in [2.05, 4.69) is 10.6 Å². The lowest BCUT2D eigenvalue weighted by molar-refractivity contribution is 0.324. The van der Waals surface area contributed by atoms with Crippen LogP contribution in [0.15, 0.2) is 53.3 Å². The van der Waals surface area contributed by atoms with Crippen LogP contribution in [0, 0.1) is 0 Å². The second kappa shape index (κ2) is 10.7. The van der Waals surface area contributed by atoms with E-state index < -0.39 is 0 Å². The maximum Gasteiger partial charge on any atom is 0.203 e. The average molecular weight is 477 g/mol. The number of benzene rings is 2. The summed E-state index contributed by atoms with van der Waals surface area (Å²) in [5.74, 6) is 2.53. The molecule has 4 rings (SSSR count). The Morgan fingerprint density at radius 1 is 0.886 bits per heavy atom. The van der Waals surface area contributed by atoms with Crippen LogP contribution in [0.2, 0.25) is 0 Å². The molecule has 7 heteroatoms. The zero-order valence-electron chi connectivity index (χ0n) is 20.9. The fraction of sp³-hybridized carbons (Fsp3) is 0.321. The van der Waals surface area contributed by atoms with Crippen LogP contribution in [0.4, 0.5) is 5.69 Å². The fourth-order valence-corrected chi connectivity index (χ4v) is 4.80. The van der Waals surface area contributed by atoms with Gasteiger partial charge >= 0.3 is 0 Å². The molecule has 2 N–H and O–H groups in total. The van der Waals surface area contributed by atoms with E-state index in [9.17, 15) is 4.79 Å².